The molecule has 3 fully saturated rings. The van der Waals surface area contributed by atoms with Crippen LogP contribution in [0.5, 0.6) is 0 Å². The Bertz CT molecular complexity index is 992. The van der Waals surface area contributed by atoms with Crippen molar-refractivity contribution in [2.24, 2.45) is 0 Å². The van der Waals surface area contributed by atoms with Crippen LogP contribution in [-0.2, 0) is 21.3 Å². The summed E-state index contributed by atoms with van der Waals surface area (Å²) >= 11 is 0. The third kappa shape index (κ3) is 5.68. The predicted molar refractivity (Wildman–Crippen MR) is 131 cm³/mol. The van der Waals surface area contributed by atoms with Gasteiger partial charge < -0.3 is 14.4 Å². The molecular formula is C27H35F3N4O2. The Balaban J connectivity index is 1.13. The van der Waals surface area contributed by atoms with Crippen LogP contribution in [0.2, 0.25) is 0 Å². The highest BCUT2D eigenvalue weighted by molar-refractivity contribution is 5.40. The van der Waals surface area contributed by atoms with Gasteiger partial charge in [-0.1, -0.05) is 25.0 Å². The SMILES string of the molecule is FC(F)(F)c1cccc(N2CCN(CCCOC3(c4ccccn4)CCOC4(CCCC4)C3)CC2)n1. The maximum absolute atomic E-state index is 13.0. The maximum atomic E-state index is 13.0. The summed E-state index contributed by atoms with van der Waals surface area (Å²) in [6.07, 6.45) is 4.59. The molecule has 2 saturated heterocycles. The van der Waals surface area contributed by atoms with Gasteiger partial charge in [0.25, 0.3) is 0 Å². The number of piperazine rings is 1. The number of anilines is 1. The molecule has 3 aliphatic rings. The minimum Gasteiger partial charge on any atom is -0.375 e. The molecule has 1 aliphatic carbocycles. The summed E-state index contributed by atoms with van der Waals surface area (Å²) in [4.78, 5) is 12.8. The number of hydrogen-bond acceptors (Lipinski definition) is 6. The second-order valence-electron chi connectivity index (χ2n) is 10.3. The summed E-state index contributed by atoms with van der Waals surface area (Å²) in [5, 5.41) is 0. The van der Waals surface area contributed by atoms with E-state index in [1.54, 1.807) is 6.07 Å². The summed E-state index contributed by atoms with van der Waals surface area (Å²) in [5.41, 5.74) is -0.322. The number of aromatic nitrogens is 2. The van der Waals surface area contributed by atoms with Gasteiger partial charge in [0.05, 0.1) is 17.9 Å². The minimum absolute atomic E-state index is 0.0798. The second kappa shape index (κ2) is 10.6. The summed E-state index contributed by atoms with van der Waals surface area (Å²) in [5.74, 6) is 0.394. The molecule has 2 aromatic rings. The maximum Gasteiger partial charge on any atom is 0.433 e. The smallest absolute Gasteiger partial charge is 0.375 e. The first kappa shape index (κ1) is 25.4. The van der Waals surface area contributed by atoms with E-state index in [0.29, 0.717) is 32.1 Å². The highest BCUT2D eigenvalue weighted by Crippen LogP contribution is 2.48. The highest BCUT2D eigenvalue weighted by atomic mass is 19.4. The van der Waals surface area contributed by atoms with E-state index in [1.165, 1.54) is 18.9 Å². The largest absolute Gasteiger partial charge is 0.433 e. The fourth-order valence-electron chi connectivity index (χ4n) is 5.99. The molecule has 36 heavy (non-hydrogen) atoms. The number of hydrogen-bond donors (Lipinski definition) is 0. The van der Waals surface area contributed by atoms with Gasteiger partial charge in [0.1, 0.15) is 17.1 Å². The summed E-state index contributed by atoms with van der Waals surface area (Å²) in [6.45, 7) is 5.13. The zero-order valence-electron chi connectivity index (χ0n) is 20.7. The Morgan fingerprint density at radius 1 is 0.972 bits per heavy atom. The van der Waals surface area contributed by atoms with Crippen molar-refractivity contribution in [2.45, 2.75) is 62.3 Å². The topological polar surface area (TPSA) is 50.7 Å². The Labute approximate surface area is 210 Å². The van der Waals surface area contributed by atoms with Crippen molar-refractivity contribution in [2.75, 3.05) is 50.8 Å². The Kier molecular flexibility index (Phi) is 7.51. The second-order valence-corrected chi connectivity index (χ2v) is 10.3. The Hall–Kier alpha value is -2.23. The van der Waals surface area contributed by atoms with Gasteiger partial charge in [-0.3, -0.25) is 9.88 Å². The fourth-order valence-corrected chi connectivity index (χ4v) is 5.99. The quantitative estimate of drug-likeness (QED) is 0.493. The molecular weight excluding hydrogens is 469 g/mol. The average Bonchev–Trinajstić information content (AvgIpc) is 3.34. The molecule has 1 spiro atoms. The number of ether oxygens (including phenoxy) is 2. The Morgan fingerprint density at radius 2 is 1.78 bits per heavy atom. The zero-order chi connectivity index (χ0) is 25.1. The van der Waals surface area contributed by atoms with Crippen LogP contribution in [0.1, 0.15) is 56.3 Å². The van der Waals surface area contributed by atoms with Crippen LogP contribution in [0.4, 0.5) is 19.0 Å². The summed E-state index contributed by atoms with van der Waals surface area (Å²) in [7, 11) is 0. The molecule has 2 aromatic heterocycles. The van der Waals surface area contributed by atoms with E-state index in [-0.39, 0.29) is 5.60 Å². The molecule has 6 nitrogen and oxygen atoms in total. The van der Waals surface area contributed by atoms with E-state index in [2.05, 4.69) is 20.9 Å². The molecule has 0 amide bonds. The van der Waals surface area contributed by atoms with Crippen molar-refractivity contribution >= 4 is 5.82 Å². The van der Waals surface area contributed by atoms with Gasteiger partial charge in [0.15, 0.2) is 0 Å². The van der Waals surface area contributed by atoms with Crippen LogP contribution in [0.15, 0.2) is 42.6 Å². The van der Waals surface area contributed by atoms with Crippen LogP contribution in [-0.4, -0.2) is 66.4 Å². The first-order valence-corrected chi connectivity index (χ1v) is 13.1. The normalized spacial score (nSPS) is 24.9. The van der Waals surface area contributed by atoms with E-state index >= 15 is 0 Å². The van der Waals surface area contributed by atoms with Gasteiger partial charge in [0, 0.05) is 58.4 Å². The van der Waals surface area contributed by atoms with Gasteiger partial charge in [0.2, 0.25) is 0 Å². The van der Waals surface area contributed by atoms with Gasteiger partial charge in [-0.15, -0.1) is 0 Å². The third-order valence-corrected chi connectivity index (χ3v) is 7.89. The minimum atomic E-state index is -4.42. The van der Waals surface area contributed by atoms with Gasteiger partial charge in [-0.25, -0.2) is 4.98 Å². The molecule has 0 bridgehead atoms. The van der Waals surface area contributed by atoms with Crippen LogP contribution in [0.3, 0.4) is 0 Å². The predicted octanol–water partition coefficient (Wildman–Crippen LogP) is 5.04. The summed E-state index contributed by atoms with van der Waals surface area (Å²) < 4.78 is 52.0. The molecule has 5 rings (SSSR count). The first-order chi connectivity index (χ1) is 17.4. The third-order valence-electron chi connectivity index (χ3n) is 7.89. The standard InChI is InChI=1S/C27H35F3N4O2/c28-27(29,30)23-8-5-9-24(32-23)34-17-15-33(16-18-34)14-6-19-36-26(22-7-1-4-13-31-22)12-20-35-25(21-26)10-2-3-11-25/h1,4-5,7-9,13H,2-3,6,10-12,14-21H2. The lowest BCUT2D eigenvalue weighted by Crippen LogP contribution is -2.48. The number of rotatable bonds is 7. The molecule has 0 radical (unpaired) electrons. The molecule has 1 saturated carbocycles. The van der Waals surface area contributed by atoms with E-state index in [1.807, 2.05) is 23.2 Å². The average molecular weight is 505 g/mol. The number of nitrogens with zero attached hydrogens (tertiary/aromatic N) is 4. The van der Waals surface area contributed by atoms with Gasteiger partial charge in [-0.2, -0.15) is 13.2 Å². The molecule has 4 heterocycles. The molecule has 0 aromatic carbocycles. The van der Waals surface area contributed by atoms with Crippen molar-refractivity contribution in [3.8, 4) is 0 Å². The molecule has 9 heteroatoms. The van der Waals surface area contributed by atoms with Crippen molar-refractivity contribution in [3.63, 3.8) is 0 Å². The monoisotopic (exact) mass is 504 g/mol. The van der Waals surface area contributed by atoms with Crippen LogP contribution >= 0.6 is 0 Å². The van der Waals surface area contributed by atoms with E-state index < -0.39 is 17.5 Å². The highest BCUT2D eigenvalue weighted by Gasteiger charge is 2.49. The van der Waals surface area contributed by atoms with E-state index in [4.69, 9.17) is 9.47 Å². The van der Waals surface area contributed by atoms with Crippen molar-refractivity contribution in [3.05, 3.63) is 54.0 Å². The fraction of sp³-hybridized carbons (Fsp3) is 0.630. The lowest BCUT2D eigenvalue weighted by Gasteiger charge is -2.46. The number of alkyl halides is 3. The lowest BCUT2D eigenvalue weighted by atomic mass is 9.78. The number of halogens is 3. The molecule has 2 aliphatic heterocycles. The summed E-state index contributed by atoms with van der Waals surface area (Å²) in [6, 6.07) is 10.2. The first-order valence-electron chi connectivity index (χ1n) is 13.1. The van der Waals surface area contributed by atoms with Crippen LogP contribution in [0.25, 0.3) is 0 Å². The van der Waals surface area contributed by atoms with Crippen molar-refractivity contribution in [1.29, 1.82) is 0 Å². The molecule has 1 atom stereocenters. The van der Waals surface area contributed by atoms with E-state index in [0.717, 1.165) is 63.5 Å². The van der Waals surface area contributed by atoms with Crippen LogP contribution in [0, 0.1) is 0 Å². The van der Waals surface area contributed by atoms with Gasteiger partial charge >= 0.3 is 6.18 Å². The van der Waals surface area contributed by atoms with Crippen LogP contribution < -0.4 is 4.90 Å². The Morgan fingerprint density at radius 3 is 2.50 bits per heavy atom. The van der Waals surface area contributed by atoms with Gasteiger partial charge in [-0.05, 0) is 43.5 Å². The van der Waals surface area contributed by atoms with Crippen molar-refractivity contribution < 1.29 is 22.6 Å². The molecule has 1 unspecified atom stereocenters. The molecule has 196 valence electrons. The zero-order valence-corrected chi connectivity index (χ0v) is 20.7. The van der Waals surface area contributed by atoms with Crippen molar-refractivity contribution in [1.82, 2.24) is 14.9 Å². The van der Waals surface area contributed by atoms with E-state index in [9.17, 15) is 13.2 Å². The molecule has 0 N–H and O–H groups in total. The lowest BCUT2D eigenvalue weighted by molar-refractivity contribution is -0.187. The number of pyridine rings is 2.